The predicted octanol–water partition coefficient (Wildman–Crippen LogP) is 3.91. The van der Waals surface area contributed by atoms with Crippen LogP contribution in [-0.4, -0.2) is 23.8 Å². The van der Waals surface area contributed by atoms with Gasteiger partial charge in [-0.05, 0) is 36.9 Å². The van der Waals surface area contributed by atoms with Gasteiger partial charge in [-0.1, -0.05) is 30.3 Å². The van der Waals surface area contributed by atoms with Crippen molar-refractivity contribution in [1.82, 2.24) is 4.90 Å². The zero-order valence-corrected chi connectivity index (χ0v) is 13.3. The van der Waals surface area contributed by atoms with Gasteiger partial charge in [-0.15, -0.1) is 11.3 Å². The first-order valence-corrected chi connectivity index (χ1v) is 8.66. The number of Topliss-reactive ketones (excluding diaryl/α,β-unsaturated/α-hetero) is 1. The minimum atomic E-state index is -0.236. The Morgan fingerprint density at radius 1 is 1.18 bits per heavy atom. The molecule has 0 N–H and O–H groups in total. The molecule has 2 aromatic rings. The summed E-state index contributed by atoms with van der Waals surface area (Å²) in [4.78, 5) is 14.7. The van der Waals surface area contributed by atoms with Crippen molar-refractivity contribution >= 4 is 17.1 Å². The van der Waals surface area contributed by atoms with Gasteiger partial charge in [-0.25, -0.2) is 4.39 Å². The number of ketones is 1. The highest BCUT2D eigenvalue weighted by Gasteiger charge is 2.25. The topological polar surface area (TPSA) is 20.3 Å². The van der Waals surface area contributed by atoms with E-state index in [1.165, 1.54) is 22.3 Å². The third-order valence-corrected chi connectivity index (χ3v) is 5.11. The molecular formula is C18H20FNOS. The smallest absolute Gasteiger partial charge is 0.140 e. The number of thiophene rings is 1. The maximum Gasteiger partial charge on any atom is 0.140 e. The van der Waals surface area contributed by atoms with E-state index >= 15 is 0 Å². The van der Waals surface area contributed by atoms with Crippen LogP contribution in [0.3, 0.4) is 0 Å². The summed E-state index contributed by atoms with van der Waals surface area (Å²) >= 11 is 1.32. The molecule has 0 aliphatic carbocycles. The van der Waals surface area contributed by atoms with Crippen LogP contribution in [0.4, 0.5) is 4.39 Å². The molecule has 0 saturated carbocycles. The first kappa shape index (κ1) is 15.4. The van der Waals surface area contributed by atoms with Gasteiger partial charge in [0.15, 0.2) is 0 Å². The first-order chi connectivity index (χ1) is 10.7. The van der Waals surface area contributed by atoms with E-state index in [1.807, 2.05) is 6.07 Å². The lowest BCUT2D eigenvalue weighted by Crippen LogP contribution is -2.36. The van der Waals surface area contributed by atoms with E-state index in [4.69, 9.17) is 0 Å². The Morgan fingerprint density at radius 2 is 1.91 bits per heavy atom. The highest BCUT2D eigenvalue weighted by molar-refractivity contribution is 7.08. The van der Waals surface area contributed by atoms with Gasteiger partial charge in [0.1, 0.15) is 11.6 Å². The highest BCUT2D eigenvalue weighted by Crippen LogP contribution is 2.23. The Labute approximate surface area is 134 Å². The molecule has 0 unspecified atom stereocenters. The fourth-order valence-corrected chi connectivity index (χ4v) is 3.72. The lowest BCUT2D eigenvalue weighted by molar-refractivity contribution is -0.123. The second kappa shape index (κ2) is 7.16. The lowest BCUT2D eigenvalue weighted by Gasteiger charge is -2.31. The quantitative estimate of drug-likeness (QED) is 0.833. The average molecular weight is 317 g/mol. The van der Waals surface area contributed by atoms with E-state index in [9.17, 15) is 9.18 Å². The van der Waals surface area contributed by atoms with Crippen LogP contribution in [0.5, 0.6) is 0 Å². The van der Waals surface area contributed by atoms with Crippen LogP contribution < -0.4 is 0 Å². The standard InChI is InChI=1S/C18H20FNOS/c19-17-13-22-12-16(17)10-18(21)15-6-8-20(9-7-15)11-14-4-2-1-3-5-14/h1-5,12-13,15H,6-11H2. The molecule has 1 fully saturated rings. The molecule has 1 aromatic heterocycles. The fourth-order valence-electron chi connectivity index (χ4n) is 3.02. The predicted molar refractivity (Wildman–Crippen MR) is 87.4 cm³/mol. The summed E-state index contributed by atoms with van der Waals surface area (Å²) in [6, 6.07) is 10.4. The van der Waals surface area contributed by atoms with Crippen LogP contribution in [0, 0.1) is 11.7 Å². The van der Waals surface area contributed by atoms with Crippen LogP contribution in [-0.2, 0) is 17.8 Å². The Morgan fingerprint density at radius 3 is 2.55 bits per heavy atom. The van der Waals surface area contributed by atoms with Gasteiger partial charge >= 0.3 is 0 Å². The normalized spacial score (nSPS) is 16.8. The fraction of sp³-hybridized carbons (Fsp3) is 0.389. The highest BCUT2D eigenvalue weighted by atomic mass is 32.1. The summed E-state index contributed by atoms with van der Waals surface area (Å²) in [6.07, 6.45) is 2.02. The number of carbonyl (C=O) groups excluding carboxylic acids is 1. The van der Waals surface area contributed by atoms with Crippen LogP contribution in [0.1, 0.15) is 24.0 Å². The SMILES string of the molecule is O=C(Cc1cscc1F)C1CCN(Cc2ccccc2)CC1. The summed E-state index contributed by atoms with van der Waals surface area (Å²) in [6.45, 7) is 2.83. The Bertz CT molecular complexity index is 617. The molecule has 1 aliphatic rings. The molecule has 3 rings (SSSR count). The zero-order chi connectivity index (χ0) is 15.4. The number of rotatable bonds is 5. The molecule has 2 nitrogen and oxygen atoms in total. The second-order valence-corrected chi connectivity index (χ2v) is 6.67. The van der Waals surface area contributed by atoms with Crippen molar-refractivity contribution in [2.45, 2.75) is 25.8 Å². The van der Waals surface area contributed by atoms with Gasteiger partial charge in [-0.2, -0.15) is 0 Å². The molecule has 0 bridgehead atoms. The number of piperidine rings is 1. The molecule has 1 saturated heterocycles. The maximum atomic E-state index is 13.4. The van der Waals surface area contributed by atoms with Crippen molar-refractivity contribution in [3.05, 3.63) is 58.0 Å². The van der Waals surface area contributed by atoms with Crippen molar-refractivity contribution in [3.63, 3.8) is 0 Å². The monoisotopic (exact) mass is 317 g/mol. The Balaban J connectivity index is 1.49. The summed E-state index contributed by atoms with van der Waals surface area (Å²) < 4.78 is 13.4. The van der Waals surface area contributed by atoms with Gasteiger partial charge < -0.3 is 0 Å². The minimum Gasteiger partial charge on any atom is -0.299 e. The van der Waals surface area contributed by atoms with E-state index in [0.29, 0.717) is 5.56 Å². The summed E-state index contributed by atoms with van der Waals surface area (Å²) in [5.74, 6) is 0.0443. The third kappa shape index (κ3) is 3.81. The van der Waals surface area contributed by atoms with Crippen LogP contribution >= 0.6 is 11.3 Å². The van der Waals surface area contributed by atoms with Gasteiger partial charge in [0, 0.05) is 29.8 Å². The molecule has 22 heavy (non-hydrogen) atoms. The molecule has 4 heteroatoms. The minimum absolute atomic E-state index is 0.0892. The van der Waals surface area contributed by atoms with E-state index in [2.05, 4.69) is 29.2 Å². The van der Waals surface area contributed by atoms with Gasteiger partial charge in [0.05, 0.1) is 0 Å². The zero-order valence-electron chi connectivity index (χ0n) is 12.5. The molecule has 1 aliphatic heterocycles. The first-order valence-electron chi connectivity index (χ1n) is 7.72. The summed E-state index contributed by atoms with van der Waals surface area (Å²) in [5, 5.41) is 3.21. The molecule has 0 radical (unpaired) electrons. The number of halogens is 1. The van der Waals surface area contributed by atoms with Gasteiger partial charge in [0.25, 0.3) is 0 Å². The van der Waals surface area contributed by atoms with Crippen LogP contribution in [0.15, 0.2) is 41.1 Å². The number of carbonyl (C=O) groups is 1. The molecule has 116 valence electrons. The molecule has 2 heterocycles. The van der Waals surface area contributed by atoms with E-state index in [0.717, 1.165) is 32.5 Å². The van der Waals surface area contributed by atoms with Crippen LogP contribution in [0.2, 0.25) is 0 Å². The maximum absolute atomic E-state index is 13.4. The van der Waals surface area contributed by atoms with Crippen molar-refractivity contribution in [3.8, 4) is 0 Å². The Hall–Kier alpha value is -1.52. The van der Waals surface area contributed by atoms with Gasteiger partial charge in [0.2, 0.25) is 0 Å². The molecular weight excluding hydrogens is 297 g/mol. The molecule has 1 aromatic carbocycles. The summed E-state index contributed by atoms with van der Waals surface area (Å²) in [7, 11) is 0. The largest absolute Gasteiger partial charge is 0.299 e. The molecule has 0 amide bonds. The van der Waals surface area contributed by atoms with E-state index in [-0.39, 0.29) is 23.9 Å². The van der Waals surface area contributed by atoms with E-state index in [1.54, 1.807) is 5.38 Å². The van der Waals surface area contributed by atoms with Crippen molar-refractivity contribution in [2.75, 3.05) is 13.1 Å². The third-order valence-electron chi connectivity index (χ3n) is 4.35. The molecule has 0 spiro atoms. The average Bonchev–Trinajstić information content (AvgIpc) is 2.94. The second-order valence-electron chi connectivity index (χ2n) is 5.92. The number of hydrogen-bond acceptors (Lipinski definition) is 3. The number of likely N-dealkylation sites (tertiary alicyclic amines) is 1. The number of hydrogen-bond donors (Lipinski definition) is 0. The van der Waals surface area contributed by atoms with Crippen molar-refractivity contribution in [2.24, 2.45) is 5.92 Å². The molecule has 0 atom stereocenters. The Kier molecular flexibility index (Phi) is 5.01. The lowest BCUT2D eigenvalue weighted by atomic mass is 9.89. The number of benzene rings is 1. The number of nitrogens with zero attached hydrogens (tertiary/aromatic N) is 1. The van der Waals surface area contributed by atoms with Crippen molar-refractivity contribution < 1.29 is 9.18 Å². The van der Waals surface area contributed by atoms with E-state index < -0.39 is 0 Å². The van der Waals surface area contributed by atoms with Crippen molar-refractivity contribution in [1.29, 1.82) is 0 Å². The summed E-state index contributed by atoms with van der Waals surface area (Å²) in [5.41, 5.74) is 1.87. The van der Waals surface area contributed by atoms with Crippen LogP contribution in [0.25, 0.3) is 0 Å². The van der Waals surface area contributed by atoms with Gasteiger partial charge in [-0.3, -0.25) is 9.69 Å².